The largest absolute Gasteiger partial charge is 0.472 e. The summed E-state index contributed by atoms with van der Waals surface area (Å²) in [6.07, 6.45) is 27.5. The quantitative estimate of drug-likeness (QED) is 0.0113. The van der Waals surface area contributed by atoms with Crippen LogP contribution in [-0.2, 0) is 46.6 Å². The minimum Gasteiger partial charge on any atom is -0.462 e. The Morgan fingerprint density at radius 3 is 1.97 bits per heavy atom. The van der Waals surface area contributed by atoms with Crippen molar-refractivity contribution in [3.8, 4) is 0 Å². The van der Waals surface area contributed by atoms with Gasteiger partial charge in [-0.2, -0.15) is 0 Å². The number of hydrogen-bond acceptors (Lipinski definition) is 13. The van der Waals surface area contributed by atoms with Crippen LogP contribution in [0, 0.1) is 11.8 Å². The summed E-state index contributed by atoms with van der Waals surface area (Å²) >= 11 is 0. The van der Waals surface area contributed by atoms with Crippen molar-refractivity contribution in [3.05, 3.63) is 48.6 Å². The van der Waals surface area contributed by atoms with E-state index in [0.717, 1.165) is 57.8 Å². The lowest BCUT2D eigenvalue weighted by atomic mass is 9.90. The average molecular weight is 923 g/mol. The number of allylic oxidation sites excluding steroid dienone is 6. The van der Waals surface area contributed by atoms with Gasteiger partial charge in [-0.3, -0.25) is 28.0 Å². The molecule has 0 spiro atoms. The molecule has 0 aliphatic heterocycles. The lowest BCUT2D eigenvalue weighted by Crippen LogP contribution is -2.30. The number of aliphatic hydroxyl groups excluding tert-OH is 3. The average Bonchev–Trinajstić information content (AvgIpc) is 3.49. The van der Waals surface area contributed by atoms with Gasteiger partial charge in [0.2, 0.25) is 0 Å². The van der Waals surface area contributed by atoms with Gasteiger partial charge >= 0.3 is 27.6 Å². The van der Waals surface area contributed by atoms with Crippen molar-refractivity contribution < 1.29 is 76.6 Å². The third-order valence-corrected chi connectivity index (χ3v) is 11.5. The molecule has 1 aliphatic carbocycles. The molecule has 1 unspecified atom stereocenters. The minimum atomic E-state index is -4.90. The molecule has 0 saturated heterocycles. The predicted octanol–water partition coefficient (Wildman–Crippen LogP) is 8.04. The van der Waals surface area contributed by atoms with Crippen molar-refractivity contribution in [2.45, 2.75) is 173 Å². The van der Waals surface area contributed by atoms with E-state index in [1.165, 1.54) is 25.7 Å². The Hall–Kier alpha value is -2.33. The molecule has 0 bridgehead atoms. The number of unbranched alkanes of at least 4 members (excludes halogenated alkanes) is 12. The number of ether oxygens (including phenoxy) is 2. The minimum absolute atomic E-state index is 0.00396. The normalized spacial score (nSPS) is 19.8. The van der Waals surface area contributed by atoms with Crippen LogP contribution < -0.4 is 0 Å². The molecule has 18 heteroatoms. The fraction of sp³-hybridized carbons (Fsp3) is 0.750. The van der Waals surface area contributed by atoms with Crippen LogP contribution in [0.2, 0.25) is 0 Å². The van der Waals surface area contributed by atoms with Gasteiger partial charge in [0.25, 0.3) is 0 Å². The highest BCUT2D eigenvalue weighted by molar-refractivity contribution is 7.47. The van der Waals surface area contributed by atoms with Crippen LogP contribution in [-0.4, -0.2) is 98.6 Å². The Morgan fingerprint density at radius 1 is 0.710 bits per heavy atom. The van der Waals surface area contributed by atoms with Gasteiger partial charge in [0.05, 0.1) is 32.0 Å². The topological polar surface area (TPSA) is 253 Å². The van der Waals surface area contributed by atoms with Gasteiger partial charge in [0.15, 0.2) is 6.10 Å². The molecule has 0 heterocycles. The second kappa shape index (κ2) is 35.0. The molecule has 62 heavy (non-hydrogen) atoms. The van der Waals surface area contributed by atoms with Gasteiger partial charge in [0, 0.05) is 31.1 Å². The van der Waals surface area contributed by atoms with E-state index in [-0.39, 0.29) is 31.0 Å². The standard InChI is InChI=1S/C44H76O16P2/c1-3-5-7-8-9-10-11-12-13-14-15-16-17-18-24-28-44(50)60-38(35-59-62(54,55)58-33-37(46)32-57-61(51,52)53)34-56-43(49)27-23-20-19-22-26-39-40(42(48)31-41(39)47)30-29-36(45)25-21-6-4-2/h10-13,19,22,29-30,36-40,42,45-46,48H,3-9,14-18,20-21,23-28,31-35H2,1-2H3,(H,54,55)(H2,51,52,53)/b11-10-,13-12-,22-19-,30-29+/t36-,37-,38+,39+,40+,42+/m0/s1. The molecular formula is C44H76O16P2. The van der Waals surface area contributed by atoms with Crippen LogP contribution >= 0.6 is 15.6 Å². The Morgan fingerprint density at radius 2 is 1.29 bits per heavy atom. The number of esters is 2. The first-order valence-electron chi connectivity index (χ1n) is 22.5. The van der Waals surface area contributed by atoms with E-state index in [4.69, 9.17) is 23.8 Å². The highest BCUT2D eigenvalue weighted by Crippen LogP contribution is 2.44. The Balaban J connectivity index is 2.58. The van der Waals surface area contributed by atoms with Crippen molar-refractivity contribution in [3.63, 3.8) is 0 Å². The van der Waals surface area contributed by atoms with Gasteiger partial charge in [-0.05, 0) is 57.8 Å². The van der Waals surface area contributed by atoms with Gasteiger partial charge in [0.1, 0.15) is 18.5 Å². The summed E-state index contributed by atoms with van der Waals surface area (Å²) < 4.78 is 47.7. The van der Waals surface area contributed by atoms with E-state index < -0.39 is 84.3 Å². The van der Waals surface area contributed by atoms with Crippen molar-refractivity contribution in [2.75, 3.05) is 26.4 Å². The molecule has 0 aromatic rings. The maximum absolute atomic E-state index is 12.7. The fourth-order valence-electron chi connectivity index (χ4n) is 6.55. The molecule has 0 aromatic carbocycles. The van der Waals surface area contributed by atoms with Crippen LogP contribution in [0.5, 0.6) is 0 Å². The van der Waals surface area contributed by atoms with Gasteiger partial charge < -0.3 is 39.5 Å². The van der Waals surface area contributed by atoms with Crippen LogP contribution in [0.25, 0.3) is 0 Å². The first-order chi connectivity index (χ1) is 29.6. The summed E-state index contributed by atoms with van der Waals surface area (Å²) in [6.45, 7) is 1.31. The predicted molar refractivity (Wildman–Crippen MR) is 235 cm³/mol. The van der Waals surface area contributed by atoms with E-state index >= 15 is 0 Å². The molecule has 7 atom stereocenters. The third kappa shape index (κ3) is 31.5. The first-order valence-corrected chi connectivity index (χ1v) is 25.5. The van der Waals surface area contributed by atoms with E-state index in [1.54, 1.807) is 12.2 Å². The second-order valence-electron chi connectivity index (χ2n) is 15.8. The highest BCUT2D eigenvalue weighted by Gasteiger charge is 2.39. The molecule has 1 saturated carbocycles. The van der Waals surface area contributed by atoms with Crippen LogP contribution in [0.1, 0.15) is 149 Å². The fourth-order valence-corrected chi connectivity index (χ4v) is 7.71. The van der Waals surface area contributed by atoms with Crippen LogP contribution in [0.15, 0.2) is 48.6 Å². The Labute approximate surface area is 369 Å². The number of carbonyl (C=O) groups excluding carboxylic acids is 3. The highest BCUT2D eigenvalue weighted by atomic mass is 31.2. The number of ketones is 1. The zero-order valence-electron chi connectivity index (χ0n) is 36.9. The Bertz CT molecular complexity index is 1440. The molecule has 1 rings (SSSR count). The molecule has 0 amide bonds. The molecule has 0 radical (unpaired) electrons. The van der Waals surface area contributed by atoms with E-state index in [2.05, 4.69) is 47.2 Å². The van der Waals surface area contributed by atoms with E-state index in [0.29, 0.717) is 32.1 Å². The van der Waals surface area contributed by atoms with E-state index in [9.17, 15) is 43.7 Å². The van der Waals surface area contributed by atoms with Gasteiger partial charge in [-0.15, -0.1) is 0 Å². The molecular weight excluding hydrogens is 846 g/mol. The van der Waals surface area contributed by atoms with Crippen molar-refractivity contribution >= 4 is 33.4 Å². The smallest absolute Gasteiger partial charge is 0.462 e. The maximum atomic E-state index is 12.7. The van der Waals surface area contributed by atoms with Crippen molar-refractivity contribution in [2.24, 2.45) is 11.8 Å². The number of phosphoric acid groups is 2. The van der Waals surface area contributed by atoms with Crippen LogP contribution in [0.4, 0.5) is 0 Å². The number of hydrogen-bond donors (Lipinski definition) is 6. The lowest BCUT2D eigenvalue weighted by molar-refractivity contribution is -0.161. The first kappa shape index (κ1) is 57.7. The zero-order chi connectivity index (χ0) is 46.1. The molecule has 0 aromatic heterocycles. The lowest BCUT2D eigenvalue weighted by Gasteiger charge is -2.20. The van der Waals surface area contributed by atoms with Crippen molar-refractivity contribution in [1.29, 1.82) is 0 Å². The monoisotopic (exact) mass is 922 g/mol. The second-order valence-corrected chi connectivity index (χ2v) is 18.5. The molecule has 1 aliphatic rings. The summed E-state index contributed by atoms with van der Waals surface area (Å²) in [5.74, 6) is -2.09. The number of Topliss-reactive ketones (excluding diaryl/α,β-unsaturated/α-hetero) is 1. The summed E-state index contributed by atoms with van der Waals surface area (Å²) in [6, 6.07) is 0. The molecule has 1 fully saturated rings. The van der Waals surface area contributed by atoms with Crippen LogP contribution in [0.3, 0.4) is 0 Å². The van der Waals surface area contributed by atoms with Gasteiger partial charge in [-0.25, -0.2) is 9.13 Å². The summed E-state index contributed by atoms with van der Waals surface area (Å²) in [4.78, 5) is 65.5. The van der Waals surface area contributed by atoms with Crippen molar-refractivity contribution in [1.82, 2.24) is 0 Å². The number of rotatable bonds is 38. The SMILES string of the molecule is CCCCCC/C=C\C=C/CCCCCCCC(=O)O[C@H](COC(=O)CCC/C=C\C[C@H]1C(=O)C[C@@H](O)[C@@H]1/C=C/[C@@H](O)CCCCC)COP(=O)(O)OC[C@@H](O)COP(=O)(O)O. The zero-order valence-corrected chi connectivity index (χ0v) is 38.7. The molecule has 6 N–H and O–H groups in total. The molecule has 358 valence electrons. The summed E-state index contributed by atoms with van der Waals surface area (Å²) in [5.41, 5.74) is 0. The maximum Gasteiger partial charge on any atom is 0.472 e. The Kier molecular flexibility index (Phi) is 32.6. The number of phosphoric ester groups is 2. The van der Waals surface area contributed by atoms with Gasteiger partial charge in [-0.1, -0.05) is 120 Å². The summed E-state index contributed by atoms with van der Waals surface area (Å²) in [7, 11) is -9.78. The number of carbonyl (C=O) groups is 3. The third-order valence-electron chi connectivity index (χ3n) is 10.1. The number of aliphatic hydroxyl groups is 3. The molecule has 16 nitrogen and oxygen atoms in total. The van der Waals surface area contributed by atoms with E-state index in [1.807, 2.05) is 12.2 Å². The summed E-state index contributed by atoms with van der Waals surface area (Å²) in [5, 5.41) is 30.4.